The van der Waals surface area contributed by atoms with Crippen molar-refractivity contribution in [1.82, 2.24) is 25.4 Å². The van der Waals surface area contributed by atoms with Crippen molar-refractivity contribution in [3.63, 3.8) is 0 Å². The molecule has 2 N–H and O–H groups in total. The van der Waals surface area contributed by atoms with Crippen molar-refractivity contribution in [2.75, 3.05) is 78.0 Å². The largest absolute Gasteiger partial charge is 0.379 e. The highest BCUT2D eigenvalue weighted by atomic mass is 16.5. The normalized spacial score (nSPS) is 20.2. The number of likely N-dealkylation sites (N-methyl/N-ethyl adjacent to an activating group) is 1. The molecule has 3 heterocycles. The molecule has 0 saturated carbocycles. The van der Waals surface area contributed by atoms with Crippen LogP contribution in [0, 0.1) is 5.92 Å². The number of ether oxygens (including phenoxy) is 1. The lowest BCUT2D eigenvalue weighted by Crippen LogP contribution is -2.51. The van der Waals surface area contributed by atoms with E-state index in [4.69, 9.17) is 4.74 Å². The third-order valence-electron chi connectivity index (χ3n) is 6.13. The Balaban J connectivity index is 1.46. The Morgan fingerprint density at radius 1 is 1.10 bits per heavy atom. The Kier molecular flexibility index (Phi) is 9.36. The number of anilines is 1. The van der Waals surface area contributed by atoms with Crippen molar-refractivity contribution in [3.8, 4) is 0 Å². The fourth-order valence-electron chi connectivity index (χ4n) is 4.21. The molecule has 1 aromatic rings. The average molecular weight is 432 g/mol. The van der Waals surface area contributed by atoms with E-state index < -0.39 is 0 Å². The van der Waals surface area contributed by atoms with Crippen LogP contribution in [-0.2, 0) is 11.3 Å². The number of hydrogen-bond donors (Lipinski definition) is 2. The molecule has 1 atom stereocenters. The molecule has 8 heteroatoms. The molecule has 2 aliphatic heterocycles. The van der Waals surface area contributed by atoms with Crippen LogP contribution < -0.4 is 15.5 Å². The average Bonchev–Trinajstić information content (AvgIpc) is 2.79. The summed E-state index contributed by atoms with van der Waals surface area (Å²) in [5.41, 5.74) is 1.16. The van der Waals surface area contributed by atoms with Crippen LogP contribution in [0.2, 0.25) is 0 Å². The van der Waals surface area contributed by atoms with E-state index in [-0.39, 0.29) is 0 Å². The molecule has 31 heavy (non-hydrogen) atoms. The Morgan fingerprint density at radius 2 is 1.84 bits per heavy atom. The summed E-state index contributed by atoms with van der Waals surface area (Å²) in [5.74, 6) is 2.57. The molecule has 1 unspecified atom stereocenters. The number of aromatic nitrogens is 1. The van der Waals surface area contributed by atoms with Gasteiger partial charge >= 0.3 is 0 Å². The van der Waals surface area contributed by atoms with Crippen molar-refractivity contribution in [3.05, 3.63) is 23.9 Å². The van der Waals surface area contributed by atoms with Crippen molar-refractivity contribution >= 4 is 11.8 Å². The van der Waals surface area contributed by atoms with E-state index in [0.717, 1.165) is 76.4 Å². The zero-order valence-electron chi connectivity index (χ0n) is 19.8. The molecule has 0 aliphatic carbocycles. The molecule has 8 nitrogen and oxygen atoms in total. The van der Waals surface area contributed by atoms with Gasteiger partial charge < -0.3 is 25.2 Å². The smallest absolute Gasteiger partial charge is 0.191 e. The topological polar surface area (TPSA) is 68.3 Å². The summed E-state index contributed by atoms with van der Waals surface area (Å²) < 4.78 is 5.53. The Bertz CT molecular complexity index is 665. The summed E-state index contributed by atoms with van der Waals surface area (Å²) in [6, 6.07) is 4.79. The van der Waals surface area contributed by atoms with Crippen LogP contribution in [0.1, 0.15) is 25.8 Å². The van der Waals surface area contributed by atoms with E-state index in [1.165, 1.54) is 6.42 Å². The maximum Gasteiger partial charge on any atom is 0.191 e. The number of guanidine groups is 1. The molecular weight excluding hydrogens is 390 g/mol. The monoisotopic (exact) mass is 431 g/mol. The van der Waals surface area contributed by atoms with Crippen LogP contribution in [0.4, 0.5) is 5.82 Å². The molecule has 1 aromatic heterocycles. The molecular formula is C23H41N7O. The summed E-state index contributed by atoms with van der Waals surface area (Å²) in [6.45, 7) is 14.1. The van der Waals surface area contributed by atoms with Crippen LogP contribution in [0.5, 0.6) is 0 Å². The van der Waals surface area contributed by atoms with Gasteiger partial charge in [0.25, 0.3) is 0 Å². The highest BCUT2D eigenvalue weighted by Gasteiger charge is 2.22. The minimum absolute atomic E-state index is 0.493. The molecule has 0 radical (unpaired) electrons. The first-order chi connectivity index (χ1) is 15.0. The lowest BCUT2D eigenvalue weighted by Gasteiger charge is -2.35. The quantitative estimate of drug-likeness (QED) is 0.474. The lowest BCUT2D eigenvalue weighted by molar-refractivity contribution is 0.0132. The summed E-state index contributed by atoms with van der Waals surface area (Å²) >= 11 is 0. The molecule has 3 rings (SSSR count). The number of pyridine rings is 1. The van der Waals surface area contributed by atoms with Gasteiger partial charge in [0.1, 0.15) is 5.82 Å². The number of hydrogen-bond acceptors (Lipinski definition) is 6. The molecule has 0 spiro atoms. The molecule has 0 bridgehead atoms. The predicted octanol–water partition coefficient (Wildman–Crippen LogP) is 1.25. The first-order valence-corrected chi connectivity index (χ1v) is 11.7. The molecule has 0 amide bonds. The minimum atomic E-state index is 0.493. The summed E-state index contributed by atoms with van der Waals surface area (Å²) in [6.07, 6.45) is 3.14. The molecule has 174 valence electrons. The van der Waals surface area contributed by atoms with Gasteiger partial charge in [-0.15, -0.1) is 0 Å². The van der Waals surface area contributed by atoms with Gasteiger partial charge in [-0.2, -0.15) is 0 Å². The Labute approximate surface area is 188 Å². The highest BCUT2D eigenvalue weighted by molar-refractivity contribution is 5.79. The van der Waals surface area contributed by atoms with Gasteiger partial charge in [-0.3, -0.25) is 9.89 Å². The number of piperazine rings is 1. The molecule has 0 aromatic carbocycles. The second-order valence-corrected chi connectivity index (χ2v) is 9.05. The van der Waals surface area contributed by atoms with E-state index in [2.05, 4.69) is 68.3 Å². The number of nitrogens with zero attached hydrogens (tertiary/aromatic N) is 5. The zero-order chi connectivity index (χ0) is 22.1. The molecule has 2 saturated heterocycles. The third-order valence-corrected chi connectivity index (χ3v) is 6.13. The second-order valence-electron chi connectivity index (χ2n) is 9.05. The second kappa shape index (κ2) is 12.2. The van der Waals surface area contributed by atoms with Crippen molar-refractivity contribution in [2.45, 2.75) is 32.9 Å². The van der Waals surface area contributed by atoms with Crippen LogP contribution in [0.3, 0.4) is 0 Å². The third kappa shape index (κ3) is 7.63. The fourth-order valence-corrected chi connectivity index (χ4v) is 4.21. The molecule has 2 fully saturated rings. The maximum absolute atomic E-state index is 5.53. The van der Waals surface area contributed by atoms with Gasteiger partial charge in [0.05, 0.1) is 13.2 Å². The summed E-state index contributed by atoms with van der Waals surface area (Å²) in [4.78, 5) is 16.4. The first-order valence-electron chi connectivity index (χ1n) is 11.7. The van der Waals surface area contributed by atoms with E-state index in [9.17, 15) is 0 Å². The summed E-state index contributed by atoms with van der Waals surface area (Å²) in [7, 11) is 4.00. The standard InChI is InChI=1S/C23H41N7O/c1-19(2)15-21(29-11-13-31-14-12-29)18-27-23(24-3)26-17-20-5-6-22(25-16-20)30-9-7-28(4)8-10-30/h5-6,16,19,21H,7-15,17-18H2,1-4H3,(H2,24,26,27). The van der Waals surface area contributed by atoms with Gasteiger partial charge in [0, 0.05) is 71.6 Å². The van der Waals surface area contributed by atoms with Crippen molar-refractivity contribution in [1.29, 1.82) is 0 Å². The van der Waals surface area contributed by atoms with Gasteiger partial charge in [-0.1, -0.05) is 19.9 Å². The number of nitrogens with one attached hydrogen (secondary N) is 2. The predicted molar refractivity (Wildman–Crippen MR) is 128 cm³/mol. The molecule has 2 aliphatic rings. The van der Waals surface area contributed by atoms with Gasteiger partial charge in [-0.25, -0.2) is 4.98 Å². The number of rotatable bonds is 8. The Hall–Kier alpha value is -1.90. The lowest BCUT2D eigenvalue weighted by atomic mass is 10.0. The zero-order valence-corrected chi connectivity index (χ0v) is 19.8. The van der Waals surface area contributed by atoms with E-state index >= 15 is 0 Å². The van der Waals surface area contributed by atoms with E-state index in [0.29, 0.717) is 18.5 Å². The van der Waals surface area contributed by atoms with E-state index in [1.807, 2.05) is 13.2 Å². The minimum Gasteiger partial charge on any atom is -0.379 e. The van der Waals surface area contributed by atoms with E-state index in [1.54, 1.807) is 0 Å². The van der Waals surface area contributed by atoms with Gasteiger partial charge in [0.2, 0.25) is 0 Å². The highest BCUT2D eigenvalue weighted by Crippen LogP contribution is 2.14. The summed E-state index contributed by atoms with van der Waals surface area (Å²) in [5, 5.41) is 6.97. The fraction of sp³-hybridized carbons (Fsp3) is 0.739. The van der Waals surface area contributed by atoms with Crippen LogP contribution in [0.25, 0.3) is 0 Å². The number of morpholine rings is 1. The van der Waals surface area contributed by atoms with Crippen LogP contribution in [0.15, 0.2) is 23.3 Å². The van der Waals surface area contributed by atoms with Crippen molar-refractivity contribution in [2.24, 2.45) is 10.9 Å². The number of aliphatic imine (C=N–C) groups is 1. The van der Waals surface area contributed by atoms with Gasteiger partial charge in [0.15, 0.2) is 5.96 Å². The Morgan fingerprint density at radius 3 is 2.45 bits per heavy atom. The van der Waals surface area contributed by atoms with Crippen molar-refractivity contribution < 1.29 is 4.74 Å². The maximum atomic E-state index is 5.53. The van der Waals surface area contributed by atoms with Gasteiger partial charge in [-0.05, 0) is 31.0 Å². The first kappa shape index (κ1) is 23.8. The SMILES string of the molecule is CN=C(NCc1ccc(N2CCN(C)CC2)nc1)NCC(CC(C)C)N1CCOCC1. The van der Waals surface area contributed by atoms with Crippen LogP contribution >= 0.6 is 0 Å². The van der Waals surface area contributed by atoms with Crippen LogP contribution in [-0.4, -0.2) is 99.9 Å².